The predicted octanol–water partition coefficient (Wildman–Crippen LogP) is -5.76. The number of alkyl halides is 3. The summed E-state index contributed by atoms with van der Waals surface area (Å²) in [5, 5.41) is 2.01. The van der Waals surface area contributed by atoms with Gasteiger partial charge in [0.2, 0.25) is 0 Å². The van der Waals surface area contributed by atoms with E-state index in [2.05, 4.69) is 4.52 Å². The molecule has 0 aromatic heterocycles. The van der Waals surface area contributed by atoms with Gasteiger partial charge in [0.25, 0.3) is 5.91 Å². The van der Waals surface area contributed by atoms with Crippen molar-refractivity contribution in [2.75, 3.05) is 12.9 Å². The van der Waals surface area contributed by atoms with Gasteiger partial charge >= 0.3 is 59.1 Å². The number of carbonyl (C=O) groups is 1. The number of benzene rings is 1. The van der Waals surface area contributed by atoms with E-state index < -0.39 is 47.2 Å². The molecular weight excluding hydrogens is 469 g/mol. The summed E-state index contributed by atoms with van der Waals surface area (Å²) in [6.07, 6.45) is -0.791. The number of sulfone groups is 1. The maximum Gasteiger partial charge on any atom is 1.00 e. The monoisotopic (exact) mass is 481 g/mol. The summed E-state index contributed by atoms with van der Waals surface area (Å²) in [5.41, 5.74) is -0.0528. The van der Waals surface area contributed by atoms with Crippen LogP contribution in [0.15, 0.2) is 29.2 Å². The number of hydrogen-bond donors (Lipinski definition) is 1. The van der Waals surface area contributed by atoms with E-state index >= 15 is 0 Å². The van der Waals surface area contributed by atoms with Gasteiger partial charge in [-0.15, -0.1) is 0 Å². The van der Waals surface area contributed by atoms with Crippen LogP contribution < -0.4 is 74.2 Å². The van der Waals surface area contributed by atoms with E-state index in [9.17, 15) is 32.0 Å². The van der Waals surface area contributed by atoms with Crippen molar-refractivity contribution in [1.29, 1.82) is 0 Å². The van der Waals surface area contributed by atoms with Gasteiger partial charge in [-0.3, -0.25) is 4.79 Å². The fourth-order valence-electron chi connectivity index (χ4n) is 1.85. The molecule has 0 aliphatic rings. The Bertz CT molecular complexity index is 764. The average molecular weight is 482 g/mol. The van der Waals surface area contributed by atoms with Crippen LogP contribution in [-0.4, -0.2) is 38.1 Å². The fraction of sp³-hybridized carbons (Fsp3) is 0.417. The van der Waals surface area contributed by atoms with Gasteiger partial charge in [-0.05, 0) is 17.7 Å². The number of amides is 1. The first-order valence-corrected chi connectivity index (χ1v) is 10.7. The zero-order valence-corrected chi connectivity index (χ0v) is 21.8. The Balaban J connectivity index is 0. The van der Waals surface area contributed by atoms with Crippen LogP contribution in [0.2, 0.25) is 0 Å². The van der Waals surface area contributed by atoms with Crippen LogP contribution in [0.25, 0.3) is 0 Å². The third kappa shape index (κ3) is 10.7. The van der Waals surface area contributed by atoms with Gasteiger partial charge in [-0.2, -0.15) is 0 Å². The molecule has 0 aliphatic heterocycles. The predicted molar refractivity (Wildman–Crippen MR) is 84.4 cm³/mol. The molecule has 0 unspecified atom stereocenters. The Morgan fingerprint density at radius 2 is 1.74 bits per heavy atom. The van der Waals surface area contributed by atoms with Crippen molar-refractivity contribution in [3.05, 3.63) is 29.8 Å². The van der Waals surface area contributed by atoms with E-state index in [-0.39, 0.29) is 69.6 Å². The van der Waals surface area contributed by atoms with E-state index in [1.165, 1.54) is 0 Å². The maximum atomic E-state index is 13.3. The second-order valence-corrected chi connectivity index (χ2v) is 9.10. The summed E-state index contributed by atoms with van der Waals surface area (Å²) >= 11 is 10.7. The first-order chi connectivity index (χ1) is 11.3. The van der Waals surface area contributed by atoms with Gasteiger partial charge in [-0.1, -0.05) is 35.3 Å². The zero-order chi connectivity index (χ0) is 19.4. The topological polar surface area (TPSA) is 136 Å². The van der Waals surface area contributed by atoms with Gasteiger partial charge in [0.15, 0.2) is 14.7 Å². The summed E-state index contributed by atoms with van der Waals surface area (Å²) in [6, 6.07) is 2.89. The Morgan fingerprint density at radius 3 is 2.07 bits per heavy atom. The van der Waals surface area contributed by atoms with Crippen LogP contribution in [0.4, 0.5) is 4.39 Å². The van der Waals surface area contributed by atoms with Gasteiger partial charge in [0.05, 0.1) is 18.8 Å². The zero-order valence-electron chi connectivity index (χ0n) is 14.6. The maximum absolute atomic E-state index is 13.3. The molecule has 0 fully saturated rings. The van der Waals surface area contributed by atoms with Crippen molar-refractivity contribution in [2.24, 2.45) is 0 Å². The largest absolute Gasteiger partial charge is 1.00 e. The number of nitrogens with one attached hydrogen (secondary N) is 1. The molecule has 0 aliphatic carbocycles. The molecule has 1 rings (SSSR count). The van der Waals surface area contributed by atoms with Crippen LogP contribution >= 0.6 is 31.0 Å². The SMILES string of the molecule is CS(=O)(=O)c1ccc([C@@H](OP(=O)([O-])[O-])[C@@H](CF)NC(=O)C(Cl)Cl)cc1.[Na+].[Na+]. The Morgan fingerprint density at radius 1 is 1.26 bits per heavy atom. The standard InChI is InChI=1S/C12H15Cl2FNO7PS.2Na/c1-25(21,22)8-4-2-7(3-5-8)10(23-24(18,19)20)9(6-15)16-12(17)11(13)14;;/h2-5,9-11H,6H2,1H3,(H,16,17)(H2,18,19,20);;/q;2*+1/p-2/t9-,10-;;/m1../s1. The Labute approximate surface area is 210 Å². The van der Waals surface area contributed by atoms with E-state index in [1.807, 2.05) is 5.32 Å². The summed E-state index contributed by atoms with van der Waals surface area (Å²) < 4.78 is 51.4. The second-order valence-electron chi connectivity index (χ2n) is 4.88. The van der Waals surface area contributed by atoms with Gasteiger partial charge in [0, 0.05) is 6.26 Å². The number of halogens is 3. The molecule has 27 heavy (non-hydrogen) atoms. The van der Waals surface area contributed by atoms with Crippen molar-refractivity contribution in [1.82, 2.24) is 5.32 Å². The normalized spacial score (nSPS) is 13.9. The quantitative estimate of drug-likeness (QED) is 0.222. The van der Waals surface area contributed by atoms with Gasteiger partial charge in [-0.25, -0.2) is 12.8 Å². The van der Waals surface area contributed by atoms with Crippen molar-refractivity contribution >= 4 is 46.8 Å². The van der Waals surface area contributed by atoms with Crippen LogP contribution in [0.1, 0.15) is 11.7 Å². The van der Waals surface area contributed by atoms with E-state index in [1.54, 1.807) is 0 Å². The molecule has 142 valence electrons. The van der Waals surface area contributed by atoms with Crippen LogP contribution in [-0.2, 0) is 23.7 Å². The molecular formula is C12H13Cl2FNNa2O7PS. The number of hydrogen-bond acceptors (Lipinski definition) is 7. The van der Waals surface area contributed by atoms with Crippen molar-refractivity contribution in [3.8, 4) is 0 Å². The Hall–Kier alpha value is 1.26. The average Bonchev–Trinajstić information content (AvgIpc) is 2.48. The van der Waals surface area contributed by atoms with Crippen LogP contribution in [0, 0.1) is 0 Å². The van der Waals surface area contributed by atoms with Crippen molar-refractivity contribution < 1.29 is 95.6 Å². The van der Waals surface area contributed by atoms with E-state index in [0.29, 0.717) is 0 Å². The molecule has 8 nitrogen and oxygen atoms in total. The van der Waals surface area contributed by atoms with Crippen molar-refractivity contribution in [3.63, 3.8) is 0 Å². The minimum atomic E-state index is -5.57. The minimum absolute atomic E-state index is 0. The Kier molecular flexibility index (Phi) is 14.5. The number of phosphoric ester groups is 1. The minimum Gasteiger partial charge on any atom is -0.790 e. The molecule has 0 radical (unpaired) electrons. The molecule has 0 spiro atoms. The third-order valence-corrected chi connectivity index (χ3v) is 4.95. The van der Waals surface area contributed by atoms with Crippen molar-refractivity contribution in [2.45, 2.75) is 21.9 Å². The van der Waals surface area contributed by atoms with Crippen LogP contribution in [0.5, 0.6) is 0 Å². The summed E-state index contributed by atoms with van der Waals surface area (Å²) in [4.78, 5) is 31.7. The molecule has 1 N–H and O–H groups in total. The van der Waals surface area contributed by atoms with Gasteiger partial charge in [0.1, 0.15) is 12.8 Å². The molecule has 0 heterocycles. The first kappa shape index (κ1) is 30.5. The van der Waals surface area contributed by atoms with E-state index in [4.69, 9.17) is 23.2 Å². The molecule has 0 saturated carbocycles. The molecule has 1 aromatic rings. The van der Waals surface area contributed by atoms with Gasteiger partial charge < -0.3 is 24.2 Å². The summed E-state index contributed by atoms with van der Waals surface area (Å²) in [5.74, 6) is -1.03. The molecule has 0 saturated heterocycles. The van der Waals surface area contributed by atoms with Crippen LogP contribution in [0.3, 0.4) is 0 Å². The molecule has 15 heteroatoms. The third-order valence-electron chi connectivity index (χ3n) is 2.94. The smallest absolute Gasteiger partial charge is 0.790 e. The summed E-state index contributed by atoms with van der Waals surface area (Å²) in [7, 11) is -9.10. The number of carbonyl (C=O) groups excluding carboxylic acids is 1. The first-order valence-electron chi connectivity index (χ1n) is 6.50. The molecule has 1 aromatic carbocycles. The van der Waals surface area contributed by atoms with E-state index in [0.717, 1.165) is 30.5 Å². The second kappa shape index (κ2) is 12.8. The summed E-state index contributed by atoms with van der Waals surface area (Å²) in [6.45, 7) is -1.31. The fourth-order valence-corrected chi connectivity index (χ4v) is 3.15. The molecule has 1 amide bonds. The molecule has 0 bridgehead atoms. The molecule has 2 atom stereocenters. The number of rotatable bonds is 8. The number of phosphoric acid groups is 1.